The van der Waals surface area contributed by atoms with Crippen molar-refractivity contribution < 1.29 is 0 Å². The summed E-state index contributed by atoms with van der Waals surface area (Å²) >= 11 is 0. The molecule has 0 radical (unpaired) electrons. The van der Waals surface area contributed by atoms with Crippen LogP contribution in [0.15, 0.2) is 84.9 Å². The fourth-order valence-electron chi connectivity index (χ4n) is 6.34. The number of fused-ring (bicyclic) bond motifs is 2. The number of rotatable bonds is 2. The largest absolute Gasteiger partial charge is 0.355 e. The summed E-state index contributed by atoms with van der Waals surface area (Å²) in [6.07, 6.45) is 0. The smallest absolute Gasteiger partial charge is 0.0742 e. The number of benzene rings is 4. The van der Waals surface area contributed by atoms with Gasteiger partial charge in [0, 0.05) is 11.4 Å². The van der Waals surface area contributed by atoms with Crippen LogP contribution in [0.4, 0.5) is 11.4 Å². The third-order valence-electron chi connectivity index (χ3n) is 9.13. The minimum atomic E-state index is -0.499. The van der Waals surface area contributed by atoms with E-state index in [1.165, 1.54) is 55.9 Å². The summed E-state index contributed by atoms with van der Waals surface area (Å²) < 4.78 is 0. The lowest BCUT2D eigenvalue weighted by atomic mass is 9.60. The SMILES string of the molecule is CC(C)(C)c1cc(C(C)(C)C)cc(C2(c3cc(C(C)(C)C)cc(C(C)(C)C)c3)c3ccccc3Nc3ccccc32)c1. The molecule has 1 aliphatic heterocycles. The van der Waals surface area contributed by atoms with Crippen LogP contribution in [0.3, 0.4) is 0 Å². The van der Waals surface area contributed by atoms with Gasteiger partial charge in [0.1, 0.15) is 0 Å². The van der Waals surface area contributed by atoms with Crippen molar-refractivity contribution in [3.63, 3.8) is 0 Å². The fourth-order valence-corrected chi connectivity index (χ4v) is 6.34. The lowest BCUT2D eigenvalue weighted by Gasteiger charge is -2.44. The van der Waals surface area contributed by atoms with Crippen LogP contribution in [0.25, 0.3) is 0 Å². The van der Waals surface area contributed by atoms with Crippen molar-refractivity contribution in [2.45, 2.75) is 110 Å². The fraction of sp³-hybridized carbons (Fsp3) is 0.415. The molecule has 0 aliphatic carbocycles. The van der Waals surface area contributed by atoms with Crippen molar-refractivity contribution in [3.05, 3.63) is 129 Å². The molecule has 0 unspecified atom stereocenters. The third-order valence-corrected chi connectivity index (χ3v) is 9.13. The molecule has 1 heteroatoms. The van der Waals surface area contributed by atoms with Gasteiger partial charge < -0.3 is 5.32 Å². The number of hydrogen-bond acceptors (Lipinski definition) is 1. The maximum absolute atomic E-state index is 3.81. The Balaban J connectivity index is 2.05. The van der Waals surface area contributed by atoms with E-state index in [4.69, 9.17) is 0 Å². The Bertz CT molecular complexity index is 1440. The molecule has 42 heavy (non-hydrogen) atoms. The molecular formula is C41H51N. The molecule has 0 saturated heterocycles. The first-order valence-corrected chi connectivity index (χ1v) is 15.6. The van der Waals surface area contributed by atoms with E-state index in [0.717, 1.165) is 0 Å². The Morgan fingerprint density at radius 1 is 0.405 bits per heavy atom. The standard InChI is InChI=1S/C41H51N/c1-37(2,3)27-21-28(38(4,5)6)24-31(23-27)41(32-25-29(39(7,8)9)22-30(26-32)40(10,11)12)33-17-13-15-19-35(33)42-36-20-16-14-18-34(36)41/h13-26,42H,1-12H3. The molecule has 4 aromatic carbocycles. The normalized spacial score (nSPS) is 15.0. The van der Waals surface area contributed by atoms with Crippen LogP contribution in [-0.4, -0.2) is 0 Å². The van der Waals surface area contributed by atoms with Gasteiger partial charge in [-0.25, -0.2) is 0 Å². The molecule has 1 nitrogen and oxygen atoms in total. The first-order valence-electron chi connectivity index (χ1n) is 15.6. The Morgan fingerprint density at radius 2 is 0.690 bits per heavy atom. The van der Waals surface area contributed by atoms with Crippen LogP contribution in [0, 0.1) is 0 Å². The van der Waals surface area contributed by atoms with Crippen LogP contribution in [0.2, 0.25) is 0 Å². The third kappa shape index (κ3) is 5.21. The number of hydrogen-bond donors (Lipinski definition) is 1. The van der Waals surface area contributed by atoms with Crippen molar-refractivity contribution >= 4 is 11.4 Å². The van der Waals surface area contributed by atoms with Crippen molar-refractivity contribution in [1.82, 2.24) is 0 Å². The second-order valence-corrected chi connectivity index (χ2v) is 16.6. The predicted molar refractivity (Wildman–Crippen MR) is 183 cm³/mol. The second kappa shape index (κ2) is 9.87. The monoisotopic (exact) mass is 557 g/mol. The molecule has 1 aliphatic rings. The maximum Gasteiger partial charge on any atom is 0.0742 e. The minimum absolute atomic E-state index is 0.00692. The molecule has 5 rings (SSSR count). The Labute approximate surface area is 255 Å². The van der Waals surface area contributed by atoms with E-state index >= 15 is 0 Å². The van der Waals surface area contributed by atoms with Gasteiger partial charge in [-0.05, 0) is 78.3 Å². The summed E-state index contributed by atoms with van der Waals surface area (Å²) in [6.45, 7) is 28.1. The molecule has 1 heterocycles. The second-order valence-electron chi connectivity index (χ2n) is 16.6. The Morgan fingerprint density at radius 3 is 0.976 bits per heavy atom. The summed E-state index contributed by atoms with van der Waals surface area (Å²) in [5, 5.41) is 3.81. The summed E-state index contributed by atoms with van der Waals surface area (Å²) in [7, 11) is 0. The van der Waals surface area contributed by atoms with Gasteiger partial charge in [-0.15, -0.1) is 0 Å². The van der Waals surface area contributed by atoms with Gasteiger partial charge in [-0.3, -0.25) is 0 Å². The molecule has 0 spiro atoms. The lowest BCUT2D eigenvalue weighted by molar-refractivity contribution is 0.559. The van der Waals surface area contributed by atoms with E-state index in [1.54, 1.807) is 0 Å². The van der Waals surface area contributed by atoms with Gasteiger partial charge in [-0.2, -0.15) is 0 Å². The zero-order valence-corrected chi connectivity index (χ0v) is 28.1. The summed E-state index contributed by atoms with van der Waals surface area (Å²) in [6, 6.07) is 32.8. The molecule has 0 amide bonds. The van der Waals surface area contributed by atoms with E-state index in [2.05, 4.69) is 173 Å². The number of para-hydroxylation sites is 2. The van der Waals surface area contributed by atoms with Crippen LogP contribution in [-0.2, 0) is 27.1 Å². The number of nitrogens with one attached hydrogen (secondary N) is 1. The summed E-state index contributed by atoms with van der Waals surface area (Å²) in [5.74, 6) is 0. The van der Waals surface area contributed by atoms with Crippen LogP contribution < -0.4 is 5.32 Å². The van der Waals surface area contributed by atoms with E-state index in [0.29, 0.717) is 0 Å². The highest BCUT2D eigenvalue weighted by Crippen LogP contribution is 2.55. The van der Waals surface area contributed by atoms with E-state index < -0.39 is 5.41 Å². The van der Waals surface area contributed by atoms with Crippen LogP contribution in [0.1, 0.15) is 128 Å². The maximum atomic E-state index is 3.81. The van der Waals surface area contributed by atoms with Gasteiger partial charge in [0.15, 0.2) is 0 Å². The quantitative estimate of drug-likeness (QED) is 0.228. The molecule has 0 bridgehead atoms. The average molecular weight is 558 g/mol. The predicted octanol–water partition coefficient (Wildman–Crippen LogP) is 11.3. The van der Waals surface area contributed by atoms with Gasteiger partial charge in [0.25, 0.3) is 0 Å². The first kappa shape index (κ1) is 30.1. The molecule has 4 aromatic rings. The van der Waals surface area contributed by atoms with Crippen molar-refractivity contribution in [1.29, 1.82) is 0 Å². The molecular weight excluding hydrogens is 506 g/mol. The average Bonchev–Trinajstić information content (AvgIpc) is 2.89. The van der Waals surface area contributed by atoms with Crippen molar-refractivity contribution in [2.75, 3.05) is 5.32 Å². The number of anilines is 2. The van der Waals surface area contributed by atoms with Gasteiger partial charge in [-0.1, -0.05) is 156 Å². The van der Waals surface area contributed by atoms with Gasteiger partial charge in [0.05, 0.1) is 5.41 Å². The zero-order valence-electron chi connectivity index (χ0n) is 28.1. The molecule has 0 fully saturated rings. The van der Waals surface area contributed by atoms with Gasteiger partial charge in [0.2, 0.25) is 0 Å². The molecule has 0 saturated carbocycles. The van der Waals surface area contributed by atoms with E-state index in [9.17, 15) is 0 Å². The van der Waals surface area contributed by atoms with Gasteiger partial charge >= 0.3 is 0 Å². The van der Waals surface area contributed by atoms with Crippen molar-refractivity contribution in [2.24, 2.45) is 0 Å². The van der Waals surface area contributed by atoms with Crippen LogP contribution >= 0.6 is 0 Å². The summed E-state index contributed by atoms with van der Waals surface area (Å²) in [5.41, 5.74) is 12.7. The van der Waals surface area contributed by atoms with Crippen molar-refractivity contribution in [3.8, 4) is 0 Å². The van der Waals surface area contributed by atoms with E-state index in [-0.39, 0.29) is 21.7 Å². The first-order chi connectivity index (χ1) is 19.3. The Kier molecular flexibility index (Phi) is 7.08. The van der Waals surface area contributed by atoms with E-state index in [1.807, 2.05) is 0 Å². The highest BCUT2D eigenvalue weighted by Gasteiger charge is 2.45. The highest BCUT2D eigenvalue weighted by atomic mass is 14.9. The Hall–Kier alpha value is -3.32. The molecule has 0 atom stereocenters. The molecule has 0 aromatic heterocycles. The zero-order chi connectivity index (χ0) is 30.9. The summed E-state index contributed by atoms with van der Waals surface area (Å²) in [4.78, 5) is 0. The minimum Gasteiger partial charge on any atom is -0.355 e. The highest BCUT2D eigenvalue weighted by molar-refractivity contribution is 5.82. The molecule has 220 valence electrons. The topological polar surface area (TPSA) is 12.0 Å². The molecule has 1 N–H and O–H groups in total. The van der Waals surface area contributed by atoms with Crippen LogP contribution in [0.5, 0.6) is 0 Å². The lowest BCUT2D eigenvalue weighted by Crippen LogP contribution is -2.37.